The summed E-state index contributed by atoms with van der Waals surface area (Å²) in [6.45, 7) is 3.08. The fourth-order valence-electron chi connectivity index (χ4n) is 2.42. The fourth-order valence-corrected chi connectivity index (χ4v) is 2.42. The third-order valence-corrected chi connectivity index (χ3v) is 3.74. The summed E-state index contributed by atoms with van der Waals surface area (Å²) in [7, 11) is 2.01. The third-order valence-electron chi connectivity index (χ3n) is 3.74. The zero-order valence-corrected chi connectivity index (χ0v) is 12.7. The minimum Gasteiger partial charge on any atom is -0.365 e. The van der Waals surface area contributed by atoms with Gasteiger partial charge in [-0.3, -0.25) is 14.9 Å². The molecule has 1 amide bonds. The number of carbonyl (C=O) groups excluding carboxylic acids is 1. The van der Waals surface area contributed by atoms with Gasteiger partial charge >= 0.3 is 0 Å². The van der Waals surface area contributed by atoms with Crippen LogP contribution in [0.3, 0.4) is 0 Å². The number of primary amides is 1. The van der Waals surface area contributed by atoms with Crippen LogP contribution in [0.25, 0.3) is 6.08 Å². The highest BCUT2D eigenvalue weighted by molar-refractivity contribution is 6.00. The number of nitrogens with two attached hydrogens (primary N) is 1. The Morgan fingerprint density at radius 3 is 2.57 bits per heavy atom. The van der Waals surface area contributed by atoms with Crippen molar-refractivity contribution in [3.8, 4) is 6.07 Å². The molecule has 0 unspecified atom stereocenters. The zero-order chi connectivity index (χ0) is 17.0. The van der Waals surface area contributed by atoms with Crippen molar-refractivity contribution < 1.29 is 9.72 Å². The van der Waals surface area contributed by atoms with Gasteiger partial charge in [0.05, 0.1) is 4.92 Å². The molecule has 1 aromatic carbocycles. The van der Waals surface area contributed by atoms with Gasteiger partial charge in [-0.2, -0.15) is 5.26 Å². The van der Waals surface area contributed by atoms with E-state index in [1.54, 1.807) is 18.2 Å². The van der Waals surface area contributed by atoms with Crippen LogP contribution in [-0.4, -0.2) is 49.0 Å². The van der Waals surface area contributed by atoms with Gasteiger partial charge < -0.3 is 15.5 Å². The average molecular weight is 315 g/mol. The van der Waals surface area contributed by atoms with Gasteiger partial charge in [0.15, 0.2) is 0 Å². The van der Waals surface area contributed by atoms with E-state index in [1.807, 2.05) is 11.9 Å². The van der Waals surface area contributed by atoms with Crippen molar-refractivity contribution in [1.82, 2.24) is 4.90 Å². The van der Waals surface area contributed by atoms with Crippen molar-refractivity contribution >= 4 is 23.4 Å². The number of nitro benzene ring substituents is 1. The van der Waals surface area contributed by atoms with Gasteiger partial charge in [0.1, 0.15) is 17.3 Å². The summed E-state index contributed by atoms with van der Waals surface area (Å²) >= 11 is 0. The number of hydrogen-bond donors (Lipinski definition) is 1. The summed E-state index contributed by atoms with van der Waals surface area (Å²) in [5.41, 5.74) is 5.71. The van der Waals surface area contributed by atoms with Crippen LogP contribution < -0.4 is 10.6 Å². The number of likely N-dealkylation sites (N-methyl/N-ethyl adjacent to an activating group) is 1. The second-order valence-corrected chi connectivity index (χ2v) is 5.33. The summed E-state index contributed by atoms with van der Waals surface area (Å²) < 4.78 is 0. The molecule has 0 radical (unpaired) electrons. The second-order valence-electron chi connectivity index (χ2n) is 5.33. The molecule has 0 aromatic heterocycles. The molecule has 0 aliphatic carbocycles. The summed E-state index contributed by atoms with van der Waals surface area (Å²) in [6.07, 6.45) is 1.25. The maximum atomic E-state index is 11.4. The van der Waals surface area contributed by atoms with Gasteiger partial charge in [0, 0.05) is 32.2 Å². The van der Waals surface area contributed by atoms with E-state index >= 15 is 0 Å². The molecule has 1 fully saturated rings. The molecule has 1 aliphatic heterocycles. The highest BCUT2D eigenvalue weighted by Crippen LogP contribution is 2.30. The number of rotatable bonds is 4. The number of piperazine rings is 1. The van der Waals surface area contributed by atoms with Crippen molar-refractivity contribution in [1.29, 1.82) is 5.26 Å². The zero-order valence-electron chi connectivity index (χ0n) is 12.7. The van der Waals surface area contributed by atoms with E-state index in [0.717, 1.165) is 13.1 Å². The molecule has 0 spiro atoms. The predicted octanol–water partition coefficient (Wildman–Crippen LogP) is 0.739. The first-order valence-corrected chi connectivity index (χ1v) is 7.06. The topological polar surface area (TPSA) is 116 Å². The molecule has 120 valence electrons. The maximum absolute atomic E-state index is 11.4. The summed E-state index contributed by atoms with van der Waals surface area (Å²) in [5.74, 6) is -0.863. The lowest BCUT2D eigenvalue weighted by molar-refractivity contribution is -0.384. The van der Waals surface area contributed by atoms with E-state index in [0.29, 0.717) is 24.3 Å². The number of nitro groups is 1. The lowest BCUT2D eigenvalue weighted by Gasteiger charge is -2.33. The standard InChI is InChI=1S/C15H17N5O3/c1-18-4-6-19(7-5-18)13-3-2-11(9-14(13)20(22)23)8-12(10-16)15(17)21/h2-3,8-9H,4-7H2,1H3,(H2,17,21)/b12-8+. The van der Waals surface area contributed by atoms with Crippen LogP contribution in [0.4, 0.5) is 11.4 Å². The lowest BCUT2D eigenvalue weighted by Crippen LogP contribution is -2.44. The maximum Gasteiger partial charge on any atom is 0.293 e. The highest BCUT2D eigenvalue weighted by Gasteiger charge is 2.22. The van der Waals surface area contributed by atoms with E-state index in [2.05, 4.69) is 4.90 Å². The number of amides is 1. The number of hydrogen-bond acceptors (Lipinski definition) is 6. The van der Waals surface area contributed by atoms with E-state index in [-0.39, 0.29) is 11.3 Å². The molecule has 8 nitrogen and oxygen atoms in total. The Kier molecular flexibility index (Phi) is 4.93. The Labute approximate surface area is 133 Å². The molecule has 8 heteroatoms. The molecule has 0 saturated carbocycles. The van der Waals surface area contributed by atoms with Crippen LogP contribution in [-0.2, 0) is 4.79 Å². The van der Waals surface area contributed by atoms with E-state index in [4.69, 9.17) is 11.0 Å². The van der Waals surface area contributed by atoms with Crippen LogP contribution >= 0.6 is 0 Å². The molecule has 1 aliphatic rings. The third kappa shape index (κ3) is 3.84. The van der Waals surface area contributed by atoms with Crippen molar-refractivity contribution in [2.75, 3.05) is 38.1 Å². The van der Waals surface area contributed by atoms with Gasteiger partial charge in [0.25, 0.3) is 11.6 Å². The molecule has 23 heavy (non-hydrogen) atoms. The molecular weight excluding hydrogens is 298 g/mol. The molecule has 1 saturated heterocycles. The fraction of sp³-hybridized carbons (Fsp3) is 0.333. The average Bonchev–Trinajstić information content (AvgIpc) is 2.53. The van der Waals surface area contributed by atoms with E-state index in [9.17, 15) is 14.9 Å². The largest absolute Gasteiger partial charge is 0.365 e. The van der Waals surface area contributed by atoms with Crippen molar-refractivity contribution in [2.24, 2.45) is 5.73 Å². The lowest BCUT2D eigenvalue weighted by atomic mass is 10.1. The molecule has 1 heterocycles. The van der Waals surface area contributed by atoms with E-state index in [1.165, 1.54) is 12.1 Å². The first kappa shape index (κ1) is 16.5. The number of carbonyl (C=O) groups is 1. The SMILES string of the molecule is CN1CCN(c2ccc(/C=C(\C#N)C(N)=O)cc2[N+](=O)[O-])CC1. The first-order chi connectivity index (χ1) is 10.9. The van der Waals surface area contributed by atoms with Crippen molar-refractivity contribution in [3.05, 3.63) is 39.4 Å². The van der Waals surface area contributed by atoms with Crippen molar-refractivity contribution in [2.45, 2.75) is 0 Å². The summed E-state index contributed by atoms with van der Waals surface area (Å²) in [5, 5.41) is 20.2. The Bertz CT molecular complexity index is 700. The Balaban J connectivity index is 2.38. The quantitative estimate of drug-likeness (QED) is 0.379. The molecular formula is C15H17N5O3. The molecule has 1 aromatic rings. The number of nitrogens with zero attached hydrogens (tertiary/aromatic N) is 4. The number of nitriles is 1. The Hall–Kier alpha value is -2.92. The van der Waals surface area contributed by atoms with Crippen LogP contribution in [0.1, 0.15) is 5.56 Å². The summed E-state index contributed by atoms with van der Waals surface area (Å²) in [6, 6.07) is 6.32. The molecule has 2 N–H and O–H groups in total. The highest BCUT2D eigenvalue weighted by atomic mass is 16.6. The van der Waals surface area contributed by atoms with Crippen LogP contribution in [0.15, 0.2) is 23.8 Å². The number of anilines is 1. The normalized spacial score (nSPS) is 16.0. The van der Waals surface area contributed by atoms with Crippen LogP contribution in [0.2, 0.25) is 0 Å². The Morgan fingerprint density at radius 2 is 2.04 bits per heavy atom. The molecule has 0 atom stereocenters. The van der Waals surface area contributed by atoms with Crippen LogP contribution in [0, 0.1) is 21.4 Å². The molecule has 0 bridgehead atoms. The summed E-state index contributed by atoms with van der Waals surface area (Å²) in [4.78, 5) is 26.1. The van der Waals surface area contributed by atoms with E-state index < -0.39 is 10.8 Å². The number of benzene rings is 1. The van der Waals surface area contributed by atoms with Gasteiger partial charge in [-0.05, 0) is 24.8 Å². The van der Waals surface area contributed by atoms with Gasteiger partial charge in [-0.25, -0.2) is 0 Å². The minimum atomic E-state index is -0.863. The van der Waals surface area contributed by atoms with Crippen LogP contribution in [0.5, 0.6) is 0 Å². The van der Waals surface area contributed by atoms with Gasteiger partial charge in [-0.1, -0.05) is 6.07 Å². The Morgan fingerprint density at radius 1 is 1.39 bits per heavy atom. The van der Waals surface area contributed by atoms with Gasteiger partial charge in [-0.15, -0.1) is 0 Å². The predicted molar refractivity (Wildman–Crippen MR) is 85.6 cm³/mol. The first-order valence-electron chi connectivity index (χ1n) is 7.06. The second kappa shape index (κ2) is 6.89. The molecule has 2 rings (SSSR count). The van der Waals surface area contributed by atoms with Gasteiger partial charge in [0.2, 0.25) is 0 Å². The smallest absolute Gasteiger partial charge is 0.293 e. The minimum absolute atomic E-state index is 0.0509. The van der Waals surface area contributed by atoms with Crippen molar-refractivity contribution in [3.63, 3.8) is 0 Å². The monoisotopic (exact) mass is 315 g/mol.